The van der Waals surface area contributed by atoms with E-state index in [2.05, 4.69) is 15.6 Å². The summed E-state index contributed by atoms with van der Waals surface area (Å²) in [5, 5.41) is 30.2. The number of nitrogens with zero attached hydrogens (tertiary/aromatic N) is 3. The van der Waals surface area contributed by atoms with Gasteiger partial charge in [-0.25, -0.2) is 4.98 Å². The number of methoxy groups -OCH3 is 2. The van der Waals surface area contributed by atoms with Gasteiger partial charge in [-0.1, -0.05) is 46.0 Å². The van der Waals surface area contributed by atoms with Crippen molar-refractivity contribution in [3.05, 3.63) is 34.3 Å². The first-order valence-corrected chi connectivity index (χ1v) is 20.8. The van der Waals surface area contributed by atoms with E-state index in [-0.39, 0.29) is 57.5 Å². The molecule has 53 heavy (non-hydrogen) atoms. The van der Waals surface area contributed by atoms with Crippen molar-refractivity contribution in [2.75, 3.05) is 46.3 Å². The lowest BCUT2D eigenvalue weighted by atomic mass is 9.82. The summed E-state index contributed by atoms with van der Waals surface area (Å²) in [4.78, 5) is 33.1. The largest absolute Gasteiger partial charge is 0.493 e. The van der Waals surface area contributed by atoms with Crippen LogP contribution in [0.4, 0.5) is 5.13 Å². The van der Waals surface area contributed by atoms with Crippen molar-refractivity contribution in [1.29, 1.82) is 0 Å². The van der Waals surface area contributed by atoms with Crippen LogP contribution in [0.2, 0.25) is 0 Å². The molecule has 2 fully saturated rings. The number of anilines is 1. The molecule has 0 spiro atoms. The van der Waals surface area contributed by atoms with E-state index in [9.17, 15) is 28.2 Å². The Morgan fingerprint density at radius 3 is 2.32 bits per heavy atom. The predicted molar refractivity (Wildman–Crippen MR) is 201 cm³/mol. The molecule has 0 bridgehead atoms. The predicted octanol–water partition coefficient (Wildman–Crippen LogP) is 2.00. The SMILES string of the molecule is COc1cc2c(cc1OC)CN(S(=O)(=O)N1CCOCC1)[C@H](C(=O)N[C@@H](Cc1csc(N)n1)C(=O)N[C@@H](CC1CCCCC1)[C@@H](O)[C@@H](O)CC(C)C)C2. The number of thiazole rings is 1. The molecule has 2 aromatic rings. The number of nitrogens with two attached hydrogens (primary N) is 1. The van der Waals surface area contributed by atoms with Crippen LogP contribution in [0.1, 0.15) is 75.6 Å². The van der Waals surface area contributed by atoms with Gasteiger partial charge in [0, 0.05) is 31.4 Å². The molecule has 15 nitrogen and oxygen atoms in total. The average Bonchev–Trinajstić information content (AvgIpc) is 3.57. The molecule has 1 aromatic heterocycles. The summed E-state index contributed by atoms with van der Waals surface area (Å²) in [6.07, 6.45) is 3.70. The Labute approximate surface area is 316 Å². The number of aliphatic hydroxyl groups is 2. The maximum Gasteiger partial charge on any atom is 0.283 e. The summed E-state index contributed by atoms with van der Waals surface area (Å²) in [7, 11) is -1.17. The van der Waals surface area contributed by atoms with Gasteiger partial charge in [-0.2, -0.15) is 17.0 Å². The lowest BCUT2D eigenvalue weighted by molar-refractivity contribution is -0.132. The summed E-state index contributed by atoms with van der Waals surface area (Å²) >= 11 is 1.20. The molecule has 2 amide bonds. The number of morpholine rings is 1. The highest BCUT2D eigenvalue weighted by Gasteiger charge is 2.44. The quantitative estimate of drug-likeness (QED) is 0.167. The van der Waals surface area contributed by atoms with Gasteiger partial charge in [0.2, 0.25) is 11.8 Å². The number of fused-ring (bicyclic) bond motifs is 1. The fraction of sp³-hybridized carbons (Fsp3) is 0.694. The number of hydrogen-bond acceptors (Lipinski definition) is 12. The van der Waals surface area contributed by atoms with Crippen LogP contribution in [0.5, 0.6) is 11.5 Å². The number of carbonyl (C=O) groups is 2. The zero-order chi connectivity index (χ0) is 38.3. The second kappa shape index (κ2) is 18.5. The molecule has 2 aliphatic heterocycles. The standard InChI is InChI=1S/C36H56N6O9S2/c1-22(2)14-30(43)33(44)27(15-23-8-6-5-7-9-23)39-34(45)28(19-26-21-52-36(37)38-26)40-35(46)29-16-24-17-31(49-3)32(50-4)18-25(24)20-42(29)53(47,48)41-10-12-51-13-11-41/h17-18,21-23,27-30,33,43-44H,5-16,19-20H2,1-4H3,(H2,37,38)(H,39,45)(H,40,46)/t27-,28-,29-,30-,33+/m0/s1. The van der Waals surface area contributed by atoms with E-state index in [0.29, 0.717) is 46.3 Å². The van der Waals surface area contributed by atoms with Crippen LogP contribution in [0.3, 0.4) is 0 Å². The number of amides is 2. The maximum atomic E-state index is 14.5. The minimum Gasteiger partial charge on any atom is -0.493 e. The molecule has 1 aliphatic carbocycles. The highest BCUT2D eigenvalue weighted by atomic mass is 32.2. The number of nitrogen functional groups attached to an aromatic ring is 1. The Morgan fingerprint density at radius 2 is 1.72 bits per heavy atom. The lowest BCUT2D eigenvalue weighted by Crippen LogP contribution is -2.61. The zero-order valence-electron chi connectivity index (χ0n) is 31.2. The van der Waals surface area contributed by atoms with Crippen molar-refractivity contribution in [2.24, 2.45) is 11.8 Å². The number of carbonyl (C=O) groups excluding carboxylic acids is 2. The second-order valence-corrected chi connectivity index (χ2v) is 17.5. The highest BCUT2D eigenvalue weighted by Crippen LogP contribution is 2.36. The lowest BCUT2D eigenvalue weighted by Gasteiger charge is -2.39. The number of ether oxygens (including phenoxy) is 3. The number of nitrogens with one attached hydrogen (secondary N) is 2. The molecular weight excluding hydrogens is 725 g/mol. The summed E-state index contributed by atoms with van der Waals surface area (Å²) in [6.45, 7) is 4.51. The van der Waals surface area contributed by atoms with E-state index in [4.69, 9.17) is 19.9 Å². The number of aromatic nitrogens is 1. The molecule has 5 rings (SSSR count). The third kappa shape index (κ3) is 10.4. The average molecular weight is 781 g/mol. The molecule has 17 heteroatoms. The number of aliphatic hydroxyl groups excluding tert-OH is 2. The minimum absolute atomic E-state index is 0.00743. The van der Waals surface area contributed by atoms with E-state index < -0.39 is 52.4 Å². The van der Waals surface area contributed by atoms with Crippen LogP contribution < -0.4 is 25.8 Å². The van der Waals surface area contributed by atoms with Crippen molar-refractivity contribution in [2.45, 2.75) is 109 Å². The number of rotatable bonds is 16. The van der Waals surface area contributed by atoms with Gasteiger partial charge in [0.05, 0.1) is 45.3 Å². The minimum atomic E-state index is -4.17. The van der Waals surface area contributed by atoms with Crippen molar-refractivity contribution in [3.63, 3.8) is 0 Å². The maximum absolute atomic E-state index is 14.5. The van der Waals surface area contributed by atoms with Gasteiger partial charge < -0.3 is 40.8 Å². The van der Waals surface area contributed by atoms with E-state index in [1.54, 1.807) is 17.5 Å². The fourth-order valence-electron chi connectivity index (χ4n) is 7.62. The molecule has 0 unspecified atom stereocenters. The smallest absolute Gasteiger partial charge is 0.283 e. The Kier molecular flexibility index (Phi) is 14.4. The first-order valence-electron chi connectivity index (χ1n) is 18.6. The van der Waals surface area contributed by atoms with Crippen LogP contribution in [-0.2, 0) is 43.9 Å². The van der Waals surface area contributed by atoms with Crippen molar-refractivity contribution in [3.8, 4) is 11.5 Å². The van der Waals surface area contributed by atoms with Crippen LogP contribution in [-0.4, -0.2) is 115 Å². The van der Waals surface area contributed by atoms with E-state index in [1.165, 1.54) is 34.2 Å². The zero-order valence-corrected chi connectivity index (χ0v) is 32.8. The van der Waals surface area contributed by atoms with Crippen LogP contribution >= 0.6 is 11.3 Å². The molecule has 1 saturated heterocycles. The van der Waals surface area contributed by atoms with Crippen LogP contribution in [0, 0.1) is 11.8 Å². The number of benzene rings is 1. The molecule has 3 heterocycles. The van der Waals surface area contributed by atoms with Gasteiger partial charge in [0.25, 0.3) is 10.2 Å². The van der Waals surface area contributed by atoms with E-state index in [1.807, 2.05) is 13.8 Å². The third-order valence-corrected chi connectivity index (χ3v) is 13.2. The molecular formula is C36H56N6O9S2. The van der Waals surface area contributed by atoms with E-state index in [0.717, 1.165) is 32.1 Å². The monoisotopic (exact) mass is 780 g/mol. The Balaban J connectivity index is 1.45. The highest BCUT2D eigenvalue weighted by molar-refractivity contribution is 7.86. The third-order valence-electron chi connectivity index (χ3n) is 10.5. The topological polar surface area (TPSA) is 206 Å². The molecule has 1 aromatic carbocycles. The molecule has 0 radical (unpaired) electrons. The Bertz CT molecular complexity index is 1650. The summed E-state index contributed by atoms with van der Waals surface area (Å²) in [5.74, 6) is 0.00194. The van der Waals surface area contributed by atoms with E-state index >= 15 is 0 Å². The summed E-state index contributed by atoms with van der Waals surface area (Å²) < 4.78 is 47.3. The van der Waals surface area contributed by atoms with Crippen molar-refractivity contribution in [1.82, 2.24) is 24.2 Å². The van der Waals surface area contributed by atoms with Gasteiger partial charge in [0.1, 0.15) is 18.2 Å². The van der Waals surface area contributed by atoms with Gasteiger partial charge in [0.15, 0.2) is 16.6 Å². The number of hydrogen-bond donors (Lipinski definition) is 5. The van der Waals surface area contributed by atoms with Crippen molar-refractivity contribution >= 4 is 38.5 Å². The van der Waals surface area contributed by atoms with Crippen LogP contribution in [0.15, 0.2) is 17.5 Å². The van der Waals surface area contributed by atoms with Gasteiger partial charge in [-0.15, -0.1) is 11.3 Å². The first-order chi connectivity index (χ1) is 25.3. The second-order valence-electron chi connectivity index (χ2n) is 14.7. The molecule has 1 saturated carbocycles. The molecule has 5 atom stereocenters. The van der Waals surface area contributed by atoms with Crippen LogP contribution in [0.25, 0.3) is 0 Å². The normalized spacial score (nSPS) is 21.3. The Morgan fingerprint density at radius 1 is 1.06 bits per heavy atom. The van der Waals surface area contributed by atoms with Crippen molar-refractivity contribution < 1.29 is 42.4 Å². The summed E-state index contributed by atoms with van der Waals surface area (Å²) in [5.41, 5.74) is 7.77. The Hall–Kier alpha value is -3.06. The fourth-order valence-corrected chi connectivity index (χ4v) is 9.90. The van der Waals surface area contributed by atoms with Gasteiger partial charge >= 0.3 is 0 Å². The van der Waals surface area contributed by atoms with Gasteiger partial charge in [-0.05, 0) is 54.4 Å². The molecule has 3 aliphatic rings. The summed E-state index contributed by atoms with van der Waals surface area (Å²) in [6, 6.07) is 0.266. The molecule has 296 valence electrons. The molecule has 6 N–H and O–H groups in total. The van der Waals surface area contributed by atoms with Gasteiger partial charge in [-0.3, -0.25) is 9.59 Å². The first kappa shape index (κ1) is 41.1.